The number of rotatable bonds is 7. The number of aryl methyl sites for hydroxylation is 2. The number of nitrogens with one attached hydrogen (secondary N) is 1. The molecular formula is C22H30N4OS. The van der Waals surface area contributed by atoms with Crippen molar-refractivity contribution in [2.45, 2.75) is 26.8 Å². The number of benzene rings is 1. The third-order valence-electron chi connectivity index (χ3n) is 5.13. The Morgan fingerprint density at radius 1 is 1.14 bits per heavy atom. The maximum absolute atomic E-state index is 5.81. The zero-order valence-corrected chi connectivity index (χ0v) is 17.7. The second-order valence-electron chi connectivity index (χ2n) is 7.28. The van der Waals surface area contributed by atoms with E-state index in [2.05, 4.69) is 64.3 Å². The molecule has 0 saturated carbocycles. The summed E-state index contributed by atoms with van der Waals surface area (Å²) in [5, 5.41) is 4.27. The first-order chi connectivity index (χ1) is 13.6. The Kier molecular flexibility index (Phi) is 7.77. The molecule has 0 aliphatic carbocycles. The lowest BCUT2D eigenvalue weighted by molar-refractivity contribution is 0.0368. The minimum atomic E-state index is 0.774. The van der Waals surface area contributed by atoms with Gasteiger partial charge in [0.15, 0.2) is 5.11 Å². The van der Waals surface area contributed by atoms with E-state index in [0.29, 0.717) is 0 Å². The van der Waals surface area contributed by atoms with Crippen LogP contribution in [0.25, 0.3) is 0 Å². The highest BCUT2D eigenvalue weighted by Crippen LogP contribution is 2.20. The fourth-order valence-electron chi connectivity index (χ4n) is 3.47. The number of pyridine rings is 1. The van der Waals surface area contributed by atoms with Gasteiger partial charge in [0.25, 0.3) is 0 Å². The summed E-state index contributed by atoms with van der Waals surface area (Å²) in [6.45, 7) is 10.7. The Morgan fingerprint density at radius 3 is 2.50 bits per heavy atom. The second-order valence-corrected chi connectivity index (χ2v) is 7.67. The van der Waals surface area contributed by atoms with Crippen LogP contribution < -0.4 is 5.32 Å². The third kappa shape index (κ3) is 5.99. The van der Waals surface area contributed by atoms with E-state index in [9.17, 15) is 0 Å². The Balaban J connectivity index is 1.64. The van der Waals surface area contributed by atoms with Gasteiger partial charge in [-0.1, -0.05) is 18.2 Å². The van der Waals surface area contributed by atoms with E-state index < -0.39 is 0 Å². The van der Waals surface area contributed by atoms with Crippen LogP contribution in [0.4, 0.5) is 5.69 Å². The first kappa shape index (κ1) is 20.7. The number of morpholine rings is 1. The van der Waals surface area contributed by atoms with Gasteiger partial charge >= 0.3 is 0 Å². The molecule has 1 aliphatic rings. The van der Waals surface area contributed by atoms with E-state index in [1.165, 1.54) is 16.7 Å². The van der Waals surface area contributed by atoms with Crippen LogP contribution in [0.1, 0.15) is 23.1 Å². The van der Waals surface area contributed by atoms with Crippen molar-refractivity contribution >= 4 is 23.0 Å². The maximum atomic E-state index is 5.81. The van der Waals surface area contributed by atoms with Crippen LogP contribution in [0.3, 0.4) is 0 Å². The van der Waals surface area contributed by atoms with Gasteiger partial charge in [0.1, 0.15) is 0 Å². The normalized spacial score (nSPS) is 14.6. The largest absolute Gasteiger partial charge is 0.379 e. The minimum absolute atomic E-state index is 0.774. The number of hydrogen-bond donors (Lipinski definition) is 1. The molecule has 2 heterocycles. The Morgan fingerprint density at radius 2 is 1.82 bits per heavy atom. The smallest absolute Gasteiger partial charge is 0.173 e. The zero-order valence-electron chi connectivity index (χ0n) is 16.9. The summed E-state index contributed by atoms with van der Waals surface area (Å²) < 4.78 is 5.44. The third-order valence-corrected chi connectivity index (χ3v) is 5.49. The molecule has 1 fully saturated rings. The molecule has 0 bridgehead atoms. The van der Waals surface area contributed by atoms with Crippen LogP contribution in [-0.4, -0.2) is 59.3 Å². The van der Waals surface area contributed by atoms with Crippen molar-refractivity contribution in [1.82, 2.24) is 14.8 Å². The van der Waals surface area contributed by atoms with Gasteiger partial charge in [-0.2, -0.15) is 0 Å². The highest BCUT2D eigenvalue weighted by molar-refractivity contribution is 7.80. The number of anilines is 1. The Hall–Kier alpha value is -2.02. The average Bonchev–Trinajstić information content (AvgIpc) is 2.71. The molecule has 0 atom stereocenters. The Labute approximate surface area is 173 Å². The van der Waals surface area contributed by atoms with Crippen molar-refractivity contribution in [1.29, 1.82) is 0 Å². The highest BCUT2D eigenvalue weighted by atomic mass is 32.1. The van der Waals surface area contributed by atoms with E-state index >= 15 is 0 Å². The van der Waals surface area contributed by atoms with Gasteiger partial charge in [-0.3, -0.25) is 9.88 Å². The number of nitrogens with zero attached hydrogens (tertiary/aromatic N) is 3. The van der Waals surface area contributed by atoms with E-state index in [0.717, 1.165) is 63.2 Å². The number of aromatic nitrogens is 1. The van der Waals surface area contributed by atoms with Crippen molar-refractivity contribution in [2.24, 2.45) is 0 Å². The molecule has 1 aromatic heterocycles. The summed E-state index contributed by atoms with van der Waals surface area (Å²) >= 11 is 5.81. The molecule has 1 N–H and O–H groups in total. The zero-order chi connectivity index (χ0) is 19.8. The van der Waals surface area contributed by atoms with Crippen molar-refractivity contribution < 1.29 is 4.74 Å². The predicted molar refractivity (Wildman–Crippen MR) is 119 cm³/mol. The molecule has 1 aromatic carbocycles. The summed E-state index contributed by atoms with van der Waals surface area (Å²) in [6, 6.07) is 10.4. The lowest BCUT2D eigenvalue weighted by atomic mass is 10.1. The van der Waals surface area contributed by atoms with Crippen LogP contribution in [0.5, 0.6) is 0 Å². The molecule has 0 unspecified atom stereocenters. The van der Waals surface area contributed by atoms with Crippen molar-refractivity contribution in [3.8, 4) is 0 Å². The first-order valence-electron chi connectivity index (χ1n) is 9.94. The topological polar surface area (TPSA) is 40.6 Å². The molecule has 0 spiro atoms. The molecule has 0 radical (unpaired) electrons. The molecule has 0 amide bonds. The molecule has 2 aromatic rings. The van der Waals surface area contributed by atoms with Crippen molar-refractivity contribution in [3.05, 3.63) is 59.4 Å². The monoisotopic (exact) mass is 398 g/mol. The molecule has 1 aliphatic heterocycles. The molecule has 5 nitrogen and oxygen atoms in total. The van der Waals surface area contributed by atoms with E-state index in [4.69, 9.17) is 17.0 Å². The van der Waals surface area contributed by atoms with E-state index in [1.807, 2.05) is 12.4 Å². The SMILES string of the molecule is Cc1cccc(C)c1NC(=S)N(CCCN1CCOCC1)Cc1ccncc1. The first-order valence-corrected chi connectivity index (χ1v) is 10.4. The van der Waals surface area contributed by atoms with Crippen LogP contribution >= 0.6 is 12.2 Å². The summed E-state index contributed by atoms with van der Waals surface area (Å²) in [5.41, 5.74) is 4.74. The number of thiocarbonyl (C=S) groups is 1. The van der Waals surface area contributed by atoms with E-state index in [1.54, 1.807) is 0 Å². The lowest BCUT2D eigenvalue weighted by Gasteiger charge is -2.30. The van der Waals surface area contributed by atoms with Gasteiger partial charge in [0.2, 0.25) is 0 Å². The average molecular weight is 399 g/mol. The maximum Gasteiger partial charge on any atom is 0.173 e. The fraction of sp³-hybridized carbons (Fsp3) is 0.455. The van der Waals surface area contributed by atoms with Gasteiger partial charge in [0.05, 0.1) is 13.2 Å². The molecule has 6 heteroatoms. The summed E-state index contributed by atoms with van der Waals surface area (Å²) in [4.78, 5) is 8.86. The molecule has 150 valence electrons. The minimum Gasteiger partial charge on any atom is -0.379 e. The van der Waals surface area contributed by atoms with Crippen LogP contribution in [0.2, 0.25) is 0 Å². The van der Waals surface area contributed by atoms with E-state index in [-0.39, 0.29) is 0 Å². The molecular weight excluding hydrogens is 368 g/mol. The predicted octanol–water partition coefficient (Wildman–Crippen LogP) is 3.62. The van der Waals surface area contributed by atoms with Crippen molar-refractivity contribution in [3.63, 3.8) is 0 Å². The molecule has 1 saturated heterocycles. The number of hydrogen-bond acceptors (Lipinski definition) is 4. The summed E-state index contributed by atoms with van der Waals surface area (Å²) in [7, 11) is 0. The molecule has 28 heavy (non-hydrogen) atoms. The number of ether oxygens (including phenoxy) is 1. The van der Waals surface area contributed by atoms with Gasteiger partial charge < -0.3 is 15.0 Å². The molecule has 3 rings (SSSR count). The van der Waals surface area contributed by atoms with Crippen LogP contribution in [0, 0.1) is 13.8 Å². The van der Waals surface area contributed by atoms with Crippen LogP contribution in [-0.2, 0) is 11.3 Å². The van der Waals surface area contributed by atoms with Gasteiger partial charge in [-0.25, -0.2) is 0 Å². The Bertz CT molecular complexity index is 742. The summed E-state index contributed by atoms with van der Waals surface area (Å²) in [5.74, 6) is 0. The fourth-order valence-corrected chi connectivity index (χ4v) is 3.73. The van der Waals surface area contributed by atoms with Gasteiger partial charge in [0, 0.05) is 50.8 Å². The van der Waals surface area contributed by atoms with Crippen LogP contribution in [0.15, 0.2) is 42.7 Å². The summed E-state index contributed by atoms with van der Waals surface area (Å²) in [6.07, 6.45) is 4.74. The lowest BCUT2D eigenvalue weighted by Crippen LogP contribution is -2.40. The standard InChI is InChI=1S/C22H30N4OS/c1-18-5-3-6-19(2)21(18)24-22(28)26(17-20-7-9-23-10-8-20)12-4-11-25-13-15-27-16-14-25/h3,5-10H,4,11-17H2,1-2H3,(H,24,28). The quantitative estimate of drug-likeness (QED) is 0.719. The number of para-hydroxylation sites is 1. The van der Waals surface area contributed by atoms with Gasteiger partial charge in [-0.15, -0.1) is 0 Å². The van der Waals surface area contributed by atoms with Gasteiger partial charge in [-0.05, 0) is 61.3 Å². The second kappa shape index (κ2) is 10.5. The van der Waals surface area contributed by atoms with Crippen molar-refractivity contribution in [2.75, 3.05) is 44.7 Å². The highest BCUT2D eigenvalue weighted by Gasteiger charge is 2.15.